The molecule has 3 aromatic carbocycles. The van der Waals surface area contributed by atoms with E-state index in [0.717, 1.165) is 5.56 Å². The summed E-state index contributed by atoms with van der Waals surface area (Å²) in [6.07, 6.45) is -1.04. The number of hydrogen-bond donors (Lipinski definition) is 1. The number of rotatable bonds is 5. The van der Waals surface area contributed by atoms with Crippen LogP contribution >= 0.6 is 11.6 Å². The molecule has 1 N–H and O–H groups in total. The summed E-state index contributed by atoms with van der Waals surface area (Å²) in [5, 5.41) is 3.26. The molecule has 4 aromatic rings. The highest BCUT2D eigenvalue weighted by atomic mass is 35.5. The molecule has 4 rings (SSSR count). The summed E-state index contributed by atoms with van der Waals surface area (Å²) in [6.45, 7) is 3.46. The molecule has 32 heavy (non-hydrogen) atoms. The molecule has 0 radical (unpaired) electrons. The molecule has 0 bridgehead atoms. The van der Waals surface area contributed by atoms with Crippen molar-refractivity contribution in [1.82, 2.24) is 0 Å². The molecule has 0 spiro atoms. The highest BCUT2D eigenvalue weighted by Crippen LogP contribution is 2.32. The summed E-state index contributed by atoms with van der Waals surface area (Å²) >= 11 is 6.06. The van der Waals surface area contributed by atoms with Crippen molar-refractivity contribution in [3.63, 3.8) is 0 Å². The van der Waals surface area contributed by atoms with E-state index in [1.54, 1.807) is 12.1 Å². The normalized spacial score (nSPS) is 11.9. The number of fused-ring (bicyclic) bond motifs is 1. The largest absolute Gasteiger partial charge is 0.473 e. The van der Waals surface area contributed by atoms with Crippen LogP contribution in [0.5, 0.6) is 5.75 Å². The number of anilines is 1. The number of aryl methyl sites for hydroxylation is 1. The van der Waals surface area contributed by atoms with E-state index in [-0.39, 0.29) is 16.9 Å². The van der Waals surface area contributed by atoms with Crippen molar-refractivity contribution in [2.75, 3.05) is 5.32 Å². The third-order valence-corrected chi connectivity index (χ3v) is 5.14. The number of benzene rings is 3. The molecular weight excluding hydrogens is 433 g/mol. The summed E-state index contributed by atoms with van der Waals surface area (Å²) in [5.74, 6) is -0.795. The van der Waals surface area contributed by atoms with E-state index in [1.807, 2.05) is 31.2 Å². The quantitative estimate of drug-likeness (QED) is 0.406. The van der Waals surface area contributed by atoms with E-state index in [1.165, 1.54) is 37.3 Å². The third-order valence-electron chi connectivity index (χ3n) is 4.90. The number of hydrogen-bond acceptors (Lipinski definition) is 4. The number of carbonyl (C=O) groups is 1. The number of ether oxygens (including phenoxy) is 1. The fraction of sp³-hybridized carbons (Fsp3) is 0.120. The molecule has 0 aliphatic rings. The van der Waals surface area contributed by atoms with Crippen LogP contribution in [-0.2, 0) is 4.79 Å². The van der Waals surface area contributed by atoms with Gasteiger partial charge in [0.1, 0.15) is 11.4 Å². The zero-order chi connectivity index (χ0) is 22.8. The molecule has 1 aromatic heterocycles. The number of halogens is 2. The van der Waals surface area contributed by atoms with Crippen LogP contribution in [0.15, 0.2) is 75.9 Å². The van der Waals surface area contributed by atoms with Crippen molar-refractivity contribution < 1.29 is 18.3 Å². The van der Waals surface area contributed by atoms with Gasteiger partial charge in [-0.25, -0.2) is 4.39 Å². The van der Waals surface area contributed by atoms with Crippen LogP contribution in [0.25, 0.3) is 22.3 Å². The van der Waals surface area contributed by atoms with Gasteiger partial charge in [0, 0.05) is 16.3 Å². The Morgan fingerprint density at radius 1 is 1.06 bits per heavy atom. The molecule has 0 aliphatic heterocycles. The molecule has 1 heterocycles. The van der Waals surface area contributed by atoms with E-state index in [4.69, 9.17) is 20.8 Å². The highest BCUT2D eigenvalue weighted by molar-refractivity contribution is 6.31. The predicted molar refractivity (Wildman–Crippen MR) is 123 cm³/mol. The van der Waals surface area contributed by atoms with Gasteiger partial charge < -0.3 is 14.5 Å². The fourth-order valence-electron chi connectivity index (χ4n) is 3.16. The van der Waals surface area contributed by atoms with E-state index in [9.17, 15) is 14.0 Å². The minimum Gasteiger partial charge on any atom is -0.473 e. The van der Waals surface area contributed by atoms with E-state index in [0.29, 0.717) is 21.9 Å². The van der Waals surface area contributed by atoms with Crippen molar-refractivity contribution in [3.05, 3.63) is 93.4 Å². The van der Waals surface area contributed by atoms with Gasteiger partial charge in [0.25, 0.3) is 5.91 Å². The average molecular weight is 452 g/mol. The maximum absolute atomic E-state index is 13.3. The first-order chi connectivity index (χ1) is 15.3. The van der Waals surface area contributed by atoms with Gasteiger partial charge in [0.2, 0.25) is 11.2 Å². The molecule has 0 unspecified atom stereocenters. The smallest absolute Gasteiger partial charge is 0.265 e. The molecule has 162 valence electrons. The first-order valence-electron chi connectivity index (χ1n) is 9.88. The molecule has 1 atom stereocenters. The Labute approximate surface area is 188 Å². The number of nitrogens with one attached hydrogen (secondary N) is 1. The Hall–Kier alpha value is -3.64. The van der Waals surface area contributed by atoms with Gasteiger partial charge in [0.05, 0.1) is 5.39 Å². The second-order valence-electron chi connectivity index (χ2n) is 7.35. The lowest BCUT2D eigenvalue weighted by molar-refractivity contribution is -0.122. The topological polar surface area (TPSA) is 68.5 Å². The van der Waals surface area contributed by atoms with Crippen molar-refractivity contribution >= 4 is 34.2 Å². The van der Waals surface area contributed by atoms with Crippen molar-refractivity contribution in [2.24, 2.45) is 0 Å². The maximum Gasteiger partial charge on any atom is 0.265 e. The second-order valence-corrected chi connectivity index (χ2v) is 7.79. The molecule has 0 saturated heterocycles. The van der Waals surface area contributed by atoms with Crippen molar-refractivity contribution in [1.29, 1.82) is 0 Å². The number of amides is 1. The lowest BCUT2D eigenvalue weighted by atomic mass is 10.1. The van der Waals surface area contributed by atoms with Crippen LogP contribution in [0.3, 0.4) is 0 Å². The molecule has 7 heteroatoms. The molecule has 1 amide bonds. The van der Waals surface area contributed by atoms with E-state index in [2.05, 4.69) is 5.32 Å². The van der Waals surface area contributed by atoms with Crippen molar-refractivity contribution in [2.45, 2.75) is 20.0 Å². The third kappa shape index (κ3) is 4.50. The summed E-state index contributed by atoms with van der Waals surface area (Å²) in [4.78, 5) is 25.9. The second kappa shape index (κ2) is 8.85. The SMILES string of the molecule is Cc1ccc(-c2oc3ccc(Cl)cc3c(=O)c2O[C@@H](C)C(=O)Nc2ccc(F)cc2)cc1. The summed E-state index contributed by atoms with van der Waals surface area (Å²) < 4.78 is 25.0. The Morgan fingerprint density at radius 3 is 2.44 bits per heavy atom. The fourth-order valence-corrected chi connectivity index (χ4v) is 3.33. The Balaban J connectivity index is 1.73. The lowest BCUT2D eigenvalue weighted by Gasteiger charge is -2.17. The van der Waals surface area contributed by atoms with Crippen LogP contribution in [0.1, 0.15) is 12.5 Å². The minimum absolute atomic E-state index is 0.0922. The summed E-state index contributed by atoms with van der Waals surface area (Å²) in [7, 11) is 0. The van der Waals surface area contributed by atoms with Crippen LogP contribution in [0.4, 0.5) is 10.1 Å². The average Bonchev–Trinajstić information content (AvgIpc) is 2.78. The molecule has 0 saturated carbocycles. The molecule has 0 fully saturated rings. The first kappa shape index (κ1) is 21.6. The molecule has 5 nitrogen and oxygen atoms in total. The lowest BCUT2D eigenvalue weighted by Crippen LogP contribution is -2.31. The van der Waals surface area contributed by atoms with Gasteiger partial charge in [-0.3, -0.25) is 9.59 Å². The molecular formula is C25H19ClFNO4. The zero-order valence-corrected chi connectivity index (χ0v) is 18.1. The first-order valence-corrected chi connectivity index (χ1v) is 10.3. The van der Waals surface area contributed by atoms with Gasteiger partial charge in [-0.1, -0.05) is 41.4 Å². The Bertz CT molecular complexity index is 1350. The summed E-state index contributed by atoms with van der Waals surface area (Å²) in [5.41, 5.74) is 1.99. The summed E-state index contributed by atoms with van der Waals surface area (Å²) in [6, 6.07) is 17.5. The van der Waals surface area contributed by atoms with Crippen molar-refractivity contribution in [3.8, 4) is 17.1 Å². The van der Waals surface area contributed by atoms with E-state index >= 15 is 0 Å². The van der Waals surface area contributed by atoms with E-state index < -0.39 is 23.3 Å². The van der Waals surface area contributed by atoms with Gasteiger partial charge in [-0.15, -0.1) is 0 Å². The minimum atomic E-state index is -1.04. The van der Waals surface area contributed by atoms with Gasteiger partial charge in [-0.2, -0.15) is 0 Å². The maximum atomic E-state index is 13.3. The molecule has 0 aliphatic carbocycles. The van der Waals surface area contributed by atoms with Crippen LogP contribution in [0, 0.1) is 12.7 Å². The number of carbonyl (C=O) groups excluding carboxylic acids is 1. The van der Waals surface area contributed by atoms with Crippen LogP contribution in [0.2, 0.25) is 5.02 Å². The van der Waals surface area contributed by atoms with Gasteiger partial charge in [0.15, 0.2) is 11.9 Å². The van der Waals surface area contributed by atoms with Crippen LogP contribution in [-0.4, -0.2) is 12.0 Å². The zero-order valence-electron chi connectivity index (χ0n) is 17.3. The Morgan fingerprint density at radius 2 is 1.75 bits per heavy atom. The van der Waals surface area contributed by atoms with Gasteiger partial charge in [-0.05, 0) is 56.3 Å². The Kier molecular flexibility index (Phi) is 5.97. The standard InChI is InChI=1S/C25H19ClFNO4/c1-14-3-5-16(6-4-14)23-24(22(29)20-13-17(26)7-12-21(20)32-23)31-15(2)25(30)28-19-10-8-18(27)9-11-19/h3-13,15H,1-2H3,(H,28,30)/t15-/m0/s1. The van der Waals surface area contributed by atoms with Crippen LogP contribution < -0.4 is 15.5 Å². The highest BCUT2D eigenvalue weighted by Gasteiger charge is 2.23. The monoisotopic (exact) mass is 451 g/mol. The predicted octanol–water partition coefficient (Wildman–Crippen LogP) is 5.97. The van der Waals surface area contributed by atoms with Gasteiger partial charge >= 0.3 is 0 Å².